The number of imidazole rings is 1. The second-order valence-corrected chi connectivity index (χ2v) is 7.85. The Bertz CT molecular complexity index is 1220. The molecule has 1 saturated heterocycles. The Morgan fingerprint density at radius 3 is 2.53 bits per heavy atom. The molecule has 1 amide bonds. The highest BCUT2D eigenvalue weighted by molar-refractivity contribution is 6.30. The molecule has 4 rings (SSSR count). The number of hydrogen-bond donors (Lipinski definition) is 0. The van der Waals surface area contributed by atoms with Crippen molar-refractivity contribution in [3.8, 4) is 0 Å². The number of fused-ring (bicyclic) bond motifs is 1. The lowest BCUT2D eigenvalue weighted by atomic mass is 10.2. The summed E-state index contributed by atoms with van der Waals surface area (Å²) in [7, 11) is 3.01. The highest BCUT2D eigenvalue weighted by Gasteiger charge is 2.22. The average Bonchev–Trinajstić information content (AvgIpc) is 3.19. The molecule has 0 saturated carbocycles. The van der Waals surface area contributed by atoms with Crippen molar-refractivity contribution in [2.45, 2.75) is 13.0 Å². The summed E-state index contributed by atoms with van der Waals surface area (Å²) in [4.78, 5) is 45.5. The lowest BCUT2D eigenvalue weighted by Crippen LogP contribution is -2.49. The van der Waals surface area contributed by atoms with Gasteiger partial charge in [-0.05, 0) is 18.2 Å². The summed E-state index contributed by atoms with van der Waals surface area (Å²) in [5.74, 6) is 0.0317. The molecular formula is C20H23ClN6O3. The smallest absolute Gasteiger partial charge is 0.332 e. The monoisotopic (exact) mass is 430 g/mol. The molecule has 2 aromatic heterocycles. The van der Waals surface area contributed by atoms with E-state index in [2.05, 4.69) is 9.88 Å². The van der Waals surface area contributed by atoms with Crippen LogP contribution < -0.4 is 16.1 Å². The molecule has 1 aliphatic heterocycles. The van der Waals surface area contributed by atoms with Gasteiger partial charge < -0.3 is 14.4 Å². The molecule has 1 aliphatic rings. The van der Waals surface area contributed by atoms with Gasteiger partial charge in [0.05, 0.1) is 6.33 Å². The quantitative estimate of drug-likeness (QED) is 0.612. The van der Waals surface area contributed by atoms with Crippen molar-refractivity contribution in [3.63, 3.8) is 0 Å². The number of rotatable bonds is 4. The Morgan fingerprint density at radius 1 is 1.10 bits per heavy atom. The van der Waals surface area contributed by atoms with E-state index in [-0.39, 0.29) is 12.3 Å². The van der Waals surface area contributed by atoms with E-state index in [4.69, 9.17) is 11.6 Å². The van der Waals surface area contributed by atoms with Gasteiger partial charge in [0, 0.05) is 63.9 Å². The van der Waals surface area contributed by atoms with Gasteiger partial charge in [-0.15, -0.1) is 0 Å². The third-order valence-corrected chi connectivity index (χ3v) is 5.82. The Balaban J connectivity index is 1.41. The van der Waals surface area contributed by atoms with E-state index in [9.17, 15) is 14.4 Å². The van der Waals surface area contributed by atoms with Crippen molar-refractivity contribution in [2.75, 3.05) is 31.1 Å². The van der Waals surface area contributed by atoms with Crippen LogP contribution in [-0.2, 0) is 25.4 Å². The summed E-state index contributed by atoms with van der Waals surface area (Å²) in [6, 6.07) is 7.71. The van der Waals surface area contributed by atoms with Gasteiger partial charge in [-0.3, -0.25) is 18.7 Å². The maximum absolute atomic E-state index is 12.7. The summed E-state index contributed by atoms with van der Waals surface area (Å²) < 4.78 is 4.04. The predicted molar refractivity (Wildman–Crippen MR) is 115 cm³/mol. The highest BCUT2D eigenvalue weighted by Crippen LogP contribution is 2.21. The Labute approximate surface area is 177 Å². The standard InChI is InChI=1S/C20H23ClN6O3/c1-23-18-17(19(29)24(2)20(23)30)27(13-22-18)7-6-16(28)26-10-8-25(9-11-26)15-5-3-4-14(21)12-15/h3-5,12-13H,6-11H2,1-2H3. The zero-order valence-electron chi connectivity index (χ0n) is 16.9. The number of benzene rings is 1. The Morgan fingerprint density at radius 2 is 1.83 bits per heavy atom. The van der Waals surface area contributed by atoms with Gasteiger partial charge in [0.1, 0.15) is 0 Å². The first kappa shape index (κ1) is 20.2. The first-order valence-electron chi connectivity index (χ1n) is 9.76. The predicted octanol–water partition coefficient (Wildman–Crippen LogP) is 0.826. The fourth-order valence-corrected chi connectivity index (χ4v) is 4.01. The van der Waals surface area contributed by atoms with Crippen molar-refractivity contribution in [2.24, 2.45) is 14.1 Å². The number of aryl methyl sites for hydroxylation is 2. The number of carbonyl (C=O) groups excluding carboxylic acids is 1. The van der Waals surface area contributed by atoms with E-state index < -0.39 is 11.2 Å². The minimum Gasteiger partial charge on any atom is -0.368 e. The van der Waals surface area contributed by atoms with Gasteiger partial charge in [-0.25, -0.2) is 9.78 Å². The van der Waals surface area contributed by atoms with Crippen LogP contribution in [0.15, 0.2) is 40.2 Å². The van der Waals surface area contributed by atoms with Crippen molar-refractivity contribution >= 4 is 34.4 Å². The Hall–Kier alpha value is -3.07. The molecule has 30 heavy (non-hydrogen) atoms. The van der Waals surface area contributed by atoms with Crippen LogP contribution in [0.2, 0.25) is 5.02 Å². The van der Waals surface area contributed by atoms with Crippen molar-refractivity contribution in [1.29, 1.82) is 0 Å². The summed E-state index contributed by atoms with van der Waals surface area (Å²) in [5, 5.41) is 0.696. The molecule has 158 valence electrons. The molecule has 0 N–H and O–H groups in total. The summed E-state index contributed by atoms with van der Waals surface area (Å²) >= 11 is 6.07. The van der Waals surface area contributed by atoms with E-state index >= 15 is 0 Å². The molecule has 3 heterocycles. The van der Waals surface area contributed by atoms with Gasteiger partial charge in [0.25, 0.3) is 5.56 Å². The average molecular weight is 431 g/mol. The second-order valence-electron chi connectivity index (χ2n) is 7.41. The topological polar surface area (TPSA) is 85.4 Å². The number of amides is 1. The van der Waals surface area contributed by atoms with Gasteiger partial charge >= 0.3 is 5.69 Å². The zero-order chi connectivity index (χ0) is 21.4. The van der Waals surface area contributed by atoms with Crippen LogP contribution in [0, 0.1) is 0 Å². The molecule has 0 aliphatic carbocycles. The highest BCUT2D eigenvalue weighted by atomic mass is 35.5. The van der Waals surface area contributed by atoms with E-state index in [1.807, 2.05) is 29.2 Å². The van der Waals surface area contributed by atoms with Crippen LogP contribution in [0.5, 0.6) is 0 Å². The summed E-state index contributed by atoms with van der Waals surface area (Å²) in [5.41, 5.74) is 0.879. The van der Waals surface area contributed by atoms with Gasteiger partial charge in [0.15, 0.2) is 11.2 Å². The molecule has 1 aromatic carbocycles. The fraction of sp³-hybridized carbons (Fsp3) is 0.400. The van der Waals surface area contributed by atoms with Gasteiger partial charge in [0.2, 0.25) is 5.91 Å². The fourth-order valence-electron chi connectivity index (χ4n) is 3.83. The number of anilines is 1. The number of halogens is 1. The number of piperazine rings is 1. The number of aromatic nitrogens is 4. The lowest BCUT2D eigenvalue weighted by molar-refractivity contribution is -0.131. The third kappa shape index (κ3) is 3.60. The first-order chi connectivity index (χ1) is 14.4. The molecule has 1 fully saturated rings. The summed E-state index contributed by atoms with van der Waals surface area (Å²) in [6.07, 6.45) is 1.77. The van der Waals surface area contributed by atoms with Crippen molar-refractivity contribution in [3.05, 3.63) is 56.5 Å². The maximum atomic E-state index is 12.7. The van der Waals surface area contributed by atoms with E-state index in [1.54, 1.807) is 11.6 Å². The van der Waals surface area contributed by atoms with E-state index in [0.29, 0.717) is 35.8 Å². The largest absolute Gasteiger partial charge is 0.368 e. The Kier molecular flexibility index (Phi) is 5.38. The maximum Gasteiger partial charge on any atom is 0.332 e. The third-order valence-electron chi connectivity index (χ3n) is 5.59. The lowest BCUT2D eigenvalue weighted by Gasteiger charge is -2.36. The van der Waals surface area contributed by atoms with Crippen molar-refractivity contribution < 1.29 is 4.79 Å². The zero-order valence-corrected chi connectivity index (χ0v) is 17.7. The number of nitrogens with zero attached hydrogens (tertiary/aromatic N) is 6. The van der Waals surface area contributed by atoms with Crippen LogP contribution in [-0.4, -0.2) is 55.7 Å². The van der Waals surface area contributed by atoms with Crippen LogP contribution in [0.4, 0.5) is 5.69 Å². The van der Waals surface area contributed by atoms with Gasteiger partial charge in [-0.2, -0.15) is 0 Å². The van der Waals surface area contributed by atoms with Crippen molar-refractivity contribution in [1.82, 2.24) is 23.6 Å². The normalized spacial score (nSPS) is 14.5. The molecule has 0 bridgehead atoms. The first-order valence-corrected chi connectivity index (χ1v) is 10.1. The van der Waals surface area contributed by atoms with Gasteiger partial charge in [-0.1, -0.05) is 17.7 Å². The molecule has 0 unspecified atom stereocenters. The number of carbonyl (C=O) groups is 1. The molecule has 3 aromatic rings. The van der Waals surface area contributed by atoms with Crippen LogP contribution >= 0.6 is 11.6 Å². The molecule has 0 radical (unpaired) electrons. The summed E-state index contributed by atoms with van der Waals surface area (Å²) in [6.45, 7) is 3.07. The molecular weight excluding hydrogens is 408 g/mol. The number of hydrogen-bond acceptors (Lipinski definition) is 5. The minimum absolute atomic E-state index is 0.0317. The molecule has 0 atom stereocenters. The van der Waals surface area contributed by atoms with Crippen LogP contribution in [0.1, 0.15) is 6.42 Å². The second kappa shape index (κ2) is 7.98. The van der Waals surface area contributed by atoms with E-state index in [1.165, 1.54) is 17.9 Å². The van der Waals surface area contributed by atoms with Crippen LogP contribution in [0.25, 0.3) is 11.2 Å². The minimum atomic E-state index is -0.425. The molecule has 0 spiro atoms. The SMILES string of the molecule is Cn1c(=O)c2c(ncn2CCC(=O)N2CCN(c3cccc(Cl)c3)CC2)n(C)c1=O. The molecule has 10 heteroatoms. The van der Waals surface area contributed by atoms with E-state index in [0.717, 1.165) is 23.3 Å². The van der Waals surface area contributed by atoms with Crippen LogP contribution in [0.3, 0.4) is 0 Å². The molecule has 9 nitrogen and oxygen atoms in total.